The number of rotatable bonds is 5. The van der Waals surface area contributed by atoms with Gasteiger partial charge in [-0.05, 0) is 12.1 Å². The van der Waals surface area contributed by atoms with Crippen LogP contribution < -0.4 is 0 Å². The second-order valence-electron chi connectivity index (χ2n) is 3.08. The van der Waals surface area contributed by atoms with E-state index in [-0.39, 0.29) is 6.42 Å². The molecule has 0 aliphatic carbocycles. The summed E-state index contributed by atoms with van der Waals surface area (Å²) in [6.07, 6.45) is 1.70. The van der Waals surface area contributed by atoms with Gasteiger partial charge in [-0.3, -0.25) is 9.78 Å². The van der Waals surface area contributed by atoms with Crippen molar-refractivity contribution in [3.05, 3.63) is 24.4 Å². The van der Waals surface area contributed by atoms with Crippen LogP contribution in [0.25, 0.3) is 11.6 Å². The second kappa shape index (κ2) is 5.44. The SMILES string of the molecule is O=C(O)CCSc1nnc(-c2ccccn2)o1. The number of pyridine rings is 1. The number of carboxylic acid groups (broad SMARTS) is 1. The third kappa shape index (κ3) is 3.28. The van der Waals surface area contributed by atoms with E-state index in [1.165, 1.54) is 11.8 Å². The quantitative estimate of drug-likeness (QED) is 0.809. The molecule has 0 saturated heterocycles. The molecule has 0 radical (unpaired) electrons. The highest BCUT2D eigenvalue weighted by Gasteiger charge is 2.09. The topological polar surface area (TPSA) is 89.1 Å². The molecule has 7 heteroatoms. The first-order valence-electron chi connectivity index (χ1n) is 4.85. The number of thioether (sulfide) groups is 1. The second-order valence-corrected chi connectivity index (χ2v) is 4.13. The number of nitrogens with zero attached hydrogens (tertiary/aromatic N) is 3. The molecule has 0 saturated carbocycles. The Hall–Kier alpha value is -1.89. The Morgan fingerprint density at radius 1 is 1.41 bits per heavy atom. The van der Waals surface area contributed by atoms with E-state index in [4.69, 9.17) is 9.52 Å². The van der Waals surface area contributed by atoms with Crippen LogP contribution >= 0.6 is 11.8 Å². The summed E-state index contributed by atoms with van der Waals surface area (Å²) in [5.41, 5.74) is 0.602. The summed E-state index contributed by atoms with van der Waals surface area (Å²) >= 11 is 1.22. The maximum absolute atomic E-state index is 10.3. The molecule has 88 valence electrons. The average Bonchev–Trinajstić information content (AvgIpc) is 2.78. The van der Waals surface area contributed by atoms with Gasteiger partial charge in [0.1, 0.15) is 5.69 Å². The predicted molar refractivity (Wildman–Crippen MR) is 60.5 cm³/mol. The van der Waals surface area contributed by atoms with E-state index < -0.39 is 5.97 Å². The van der Waals surface area contributed by atoms with Gasteiger partial charge >= 0.3 is 5.97 Å². The molecule has 2 aromatic rings. The van der Waals surface area contributed by atoms with Crippen LogP contribution in [0.2, 0.25) is 0 Å². The highest BCUT2D eigenvalue weighted by Crippen LogP contribution is 2.21. The zero-order valence-corrected chi connectivity index (χ0v) is 9.55. The van der Waals surface area contributed by atoms with Crippen LogP contribution in [0.5, 0.6) is 0 Å². The Labute approximate surface area is 101 Å². The lowest BCUT2D eigenvalue weighted by atomic mass is 10.3. The third-order valence-corrected chi connectivity index (χ3v) is 2.65. The maximum Gasteiger partial charge on any atom is 0.304 e. The number of aromatic nitrogens is 3. The number of aliphatic carboxylic acids is 1. The molecule has 0 fully saturated rings. The molecule has 2 heterocycles. The van der Waals surface area contributed by atoms with Crippen LogP contribution in [0.3, 0.4) is 0 Å². The van der Waals surface area contributed by atoms with Crippen molar-refractivity contribution in [1.29, 1.82) is 0 Å². The highest BCUT2D eigenvalue weighted by atomic mass is 32.2. The Bertz CT molecular complexity index is 501. The highest BCUT2D eigenvalue weighted by molar-refractivity contribution is 7.99. The third-order valence-electron chi connectivity index (χ3n) is 1.83. The van der Waals surface area contributed by atoms with Gasteiger partial charge in [0.2, 0.25) is 0 Å². The minimum Gasteiger partial charge on any atom is -0.481 e. The Morgan fingerprint density at radius 3 is 3.00 bits per heavy atom. The molecule has 2 rings (SSSR count). The fourth-order valence-corrected chi connectivity index (χ4v) is 1.77. The van der Waals surface area contributed by atoms with E-state index in [9.17, 15) is 4.79 Å². The maximum atomic E-state index is 10.3. The monoisotopic (exact) mass is 251 g/mol. The largest absolute Gasteiger partial charge is 0.481 e. The molecule has 1 N–H and O–H groups in total. The standard InChI is InChI=1S/C10H9N3O3S/c14-8(15)4-6-17-10-13-12-9(16-10)7-3-1-2-5-11-7/h1-3,5H,4,6H2,(H,14,15). The van der Waals surface area contributed by atoms with Crippen molar-refractivity contribution in [3.8, 4) is 11.6 Å². The zero-order chi connectivity index (χ0) is 12.1. The fraction of sp³-hybridized carbons (Fsp3) is 0.200. The lowest BCUT2D eigenvalue weighted by Crippen LogP contribution is -1.95. The first-order valence-corrected chi connectivity index (χ1v) is 5.84. The van der Waals surface area contributed by atoms with Crippen molar-refractivity contribution in [2.45, 2.75) is 11.6 Å². The van der Waals surface area contributed by atoms with Crippen molar-refractivity contribution in [2.75, 3.05) is 5.75 Å². The van der Waals surface area contributed by atoms with Crippen LogP contribution in [-0.2, 0) is 4.79 Å². The number of hydrogen-bond acceptors (Lipinski definition) is 6. The Balaban J connectivity index is 1.99. The van der Waals surface area contributed by atoms with Crippen molar-refractivity contribution in [1.82, 2.24) is 15.2 Å². The number of hydrogen-bond donors (Lipinski definition) is 1. The average molecular weight is 251 g/mol. The Kier molecular flexibility index (Phi) is 3.71. The van der Waals surface area contributed by atoms with Gasteiger partial charge in [-0.15, -0.1) is 10.2 Å². The van der Waals surface area contributed by atoms with E-state index >= 15 is 0 Å². The van der Waals surface area contributed by atoms with E-state index in [1.807, 2.05) is 6.07 Å². The Morgan fingerprint density at radius 2 is 2.29 bits per heavy atom. The van der Waals surface area contributed by atoms with E-state index in [0.29, 0.717) is 22.6 Å². The van der Waals surface area contributed by atoms with Gasteiger partial charge in [-0.2, -0.15) is 0 Å². The molecule has 0 bridgehead atoms. The summed E-state index contributed by atoms with van der Waals surface area (Å²) in [6, 6.07) is 5.38. The summed E-state index contributed by atoms with van der Waals surface area (Å²) in [5, 5.41) is 16.5. The van der Waals surface area contributed by atoms with Gasteiger partial charge < -0.3 is 9.52 Å². The molecule has 0 aromatic carbocycles. The molecule has 0 atom stereocenters. The predicted octanol–water partition coefficient (Wildman–Crippen LogP) is 1.70. The van der Waals surface area contributed by atoms with Crippen LogP contribution in [0.15, 0.2) is 34.0 Å². The minimum atomic E-state index is -0.845. The van der Waals surface area contributed by atoms with Gasteiger partial charge in [-0.25, -0.2) is 0 Å². The molecular formula is C10H9N3O3S. The molecule has 0 aliphatic heterocycles. The van der Waals surface area contributed by atoms with Crippen molar-refractivity contribution in [2.24, 2.45) is 0 Å². The fourth-order valence-electron chi connectivity index (χ4n) is 1.09. The molecule has 0 spiro atoms. The normalized spacial score (nSPS) is 10.4. The smallest absolute Gasteiger partial charge is 0.304 e. The molecule has 0 aliphatic rings. The van der Waals surface area contributed by atoms with Gasteiger partial charge in [-0.1, -0.05) is 17.8 Å². The first kappa shape index (κ1) is 11.6. The van der Waals surface area contributed by atoms with Gasteiger partial charge in [0, 0.05) is 11.9 Å². The van der Waals surface area contributed by atoms with Crippen molar-refractivity contribution < 1.29 is 14.3 Å². The lowest BCUT2D eigenvalue weighted by Gasteiger charge is -1.92. The van der Waals surface area contributed by atoms with Gasteiger partial charge in [0.05, 0.1) is 6.42 Å². The van der Waals surface area contributed by atoms with E-state index in [0.717, 1.165) is 0 Å². The summed E-state index contributed by atoms with van der Waals surface area (Å²) in [7, 11) is 0. The molecule has 17 heavy (non-hydrogen) atoms. The summed E-state index contributed by atoms with van der Waals surface area (Å²) in [6.45, 7) is 0. The van der Waals surface area contributed by atoms with Crippen LogP contribution in [0.1, 0.15) is 6.42 Å². The van der Waals surface area contributed by atoms with Crippen LogP contribution in [-0.4, -0.2) is 32.0 Å². The number of carboxylic acids is 1. The molecule has 0 amide bonds. The lowest BCUT2D eigenvalue weighted by molar-refractivity contribution is -0.136. The summed E-state index contributed by atoms with van der Waals surface area (Å²) in [4.78, 5) is 14.4. The molecule has 6 nitrogen and oxygen atoms in total. The molecular weight excluding hydrogens is 242 g/mol. The van der Waals surface area contributed by atoms with E-state index in [2.05, 4.69) is 15.2 Å². The van der Waals surface area contributed by atoms with Crippen molar-refractivity contribution >= 4 is 17.7 Å². The molecule has 2 aromatic heterocycles. The summed E-state index contributed by atoms with van der Waals surface area (Å²) in [5.74, 6) is -0.107. The van der Waals surface area contributed by atoms with Crippen LogP contribution in [0.4, 0.5) is 0 Å². The van der Waals surface area contributed by atoms with Gasteiger partial charge in [0.15, 0.2) is 0 Å². The number of carbonyl (C=O) groups is 1. The summed E-state index contributed by atoms with van der Waals surface area (Å²) < 4.78 is 5.34. The minimum absolute atomic E-state index is 0.0615. The zero-order valence-electron chi connectivity index (χ0n) is 8.74. The van der Waals surface area contributed by atoms with Crippen LogP contribution in [0, 0.1) is 0 Å². The first-order chi connectivity index (χ1) is 8.25. The van der Waals surface area contributed by atoms with Crippen molar-refractivity contribution in [3.63, 3.8) is 0 Å². The van der Waals surface area contributed by atoms with Gasteiger partial charge in [0.25, 0.3) is 11.1 Å². The molecule has 0 unspecified atom stereocenters. The van der Waals surface area contributed by atoms with E-state index in [1.54, 1.807) is 18.3 Å².